The van der Waals surface area contributed by atoms with Gasteiger partial charge in [-0.2, -0.15) is 0 Å². The number of hydrogen-bond donors (Lipinski definition) is 0. The van der Waals surface area contributed by atoms with Gasteiger partial charge in [0.25, 0.3) is 0 Å². The van der Waals surface area contributed by atoms with Crippen LogP contribution in [0.2, 0.25) is 0 Å². The maximum Gasteiger partial charge on any atom is 0.310 e. The van der Waals surface area contributed by atoms with Gasteiger partial charge in [-0.15, -0.1) is 0 Å². The third-order valence-electron chi connectivity index (χ3n) is 3.46. The van der Waals surface area contributed by atoms with Crippen molar-refractivity contribution in [2.45, 2.75) is 39.5 Å². The first-order valence-electron chi connectivity index (χ1n) is 6.45. The summed E-state index contributed by atoms with van der Waals surface area (Å²) < 4.78 is 4.75. The molecule has 0 radical (unpaired) electrons. The Kier molecular flexibility index (Phi) is 5.45. The van der Waals surface area contributed by atoms with E-state index in [2.05, 4.69) is 6.92 Å². The molecule has 1 saturated heterocycles. The van der Waals surface area contributed by atoms with Crippen LogP contribution in [0.1, 0.15) is 39.5 Å². The fourth-order valence-electron chi connectivity index (χ4n) is 2.31. The Bertz CT molecular complexity index is 278. The lowest BCUT2D eigenvalue weighted by molar-refractivity contribution is -0.146. The van der Waals surface area contributed by atoms with Crippen LogP contribution in [0.5, 0.6) is 0 Å². The lowest BCUT2D eigenvalue weighted by Crippen LogP contribution is -2.29. The molecule has 98 valence electrons. The highest BCUT2D eigenvalue weighted by molar-refractivity contribution is 5.79. The zero-order valence-corrected chi connectivity index (χ0v) is 11.1. The van der Waals surface area contributed by atoms with Crippen molar-refractivity contribution in [2.24, 2.45) is 11.8 Å². The van der Waals surface area contributed by atoms with Crippen LogP contribution in [0.3, 0.4) is 0 Å². The predicted molar refractivity (Wildman–Crippen MR) is 65.4 cm³/mol. The van der Waals surface area contributed by atoms with Gasteiger partial charge >= 0.3 is 5.97 Å². The van der Waals surface area contributed by atoms with Gasteiger partial charge in [-0.05, 0) is 12.3 Å². The fraction of sp³-hybridized carbons (Fsp3) is 0.846. The molecule has 2 atom stereocenters. The van der Waals surface area contributed by atoms with E-state index in [0.717, 1.165) is 19.3 Å². The summed E-state index contributed by atoms with van der Waals surface area (Å²) >= 11 is 0. The first kappa shape index (κ1) is 14.0. The van der Waals surface area contributed by atoms with E-state index in [4.69, 9.17) is 4.74 Å². The van der Waals surface area contributed by atoms with Crippen molar-refractivity contribution in [3.05, 3.63) is 0 Å². The summed E-state index contributed by atoms with van der Waals surface area (Å²) in [6, 6.07) is 0. The lowest BCUT2D eigenvalue weighted by Gasteiger charge is -2.15. The smallest absolute Gasteiger partial charge is 0.310 e. The molecule has 1 heterocycles. The van der Waals surface area contributed by atoms with Gasteiger partial charge in [0.2, 0.25) is 5.91 Å². The summed E-state index contributed by atoms with van der Waals surface area (Å²) in [5.41, 5.74) is 0. The molecule has 0 spiro atoms. The van der Waals surface area contributed by atoms with Crippen LogP contribution in [-0.4, -0.2) is 37.0 Å². The van der Waals surface area contributed by atoms with E-state index >= 15 is 0 Å². The molecule has 1 amide bonds. The fourth-order valence-corrected chi connectivity index (χ4v) is 2.31. The van der Waals surface area contributed by atoms with Crippen molar-refractivity contribution in [1.82, 2.24) is 4.90 Å². The van der Waals surface area contributed by atoms with E-state index in [1.165, 1.54) is 7.11 Å². The number of carbonyl (C=O) groups excluding carboxylic acids is 2. The minimum Gasteiger partial charge on any atom is -0.469 e. The third kappa shape index (κ3) is 3.72. The molecule has 2 unspecified atom stereocenters. The average Bonchev–Trinajstić information content (AvgIpc) is 2.70. The highest BCUT2D eigenvalue weighted by Crippen LogP contribution is 2.24. The number of esters is 1. The molecule has 4 nitrogen and oxygen atoms in total. The molecule has 1 aliphatic heterocycles. The maximum atomic E-state index is 11.9. The summed E-state index contributed by atoms with van der Waals surface area (Å²) in [6.07, 6.45) is 3.77. The van der Waals surface area contributed by atoms with E-state index in [1.54, 1.807) is 0 Å². The molecule has 0 N–H and O–H groups in total. The van der Waals surface area contributed by atoms with E-state index in [-0.39, 0.29) is 23.7 Å². The number of likely N-dealkylation sites (tertiary alicyclic amines) is 1. The van der Waals surface area contributed by atoms with Crippen LogP contribution in [0, 0.1) is 11.8 Å². The molecular formula is C13H23NO3. The zero-order valence-electron chi connectivity index (χ0n) is 11.1. The van der Waals surface area contributed by atoms with Crippen LogP contribution in [-0.2, 0) is 14.3 Å². The molecule has 0 aliphatic carbocycles. The minimum absolute atomic E-state index is 0.143. The van der Waals surface area contributed by atoms with Crippen molar-refractivity contribution >= 4 is 11.9 Å². The second-order valence-corrected chi connectivity index (χ2v) is 4.86. The van der Waals surface area contributed by atoms with E-state index in [1.807, 2.05) is 11.8 Å². The Balaban J connectivity index is 2.42. The number of hydrogen-bond acceptors (Lipinski definition) is 3. The number of methoxy groups -OCH3 is 1. The Morgan fingerprint density at radius 2 is 2.00 bits per heavy atom. The summed E-state index contributed by atoms with van der Waals surface area (Å²) in [6.45, 7) is 5.33. The van der Waals surface area contributed by atoms with Crippen molar-refractivity contribution in [3.8, 4) is 0 Å². The number of unbranched alkanes of at least 4 members (excludes halogenated alkanes) is 2. The number of ether oxygens (including phenoxy) is 1. The standard InChI is InChI=1S/C13H23NO3/c1-4-5-6-7-12(15)14-8-10(2)11(9-14)13(16)17-3/h10-11H,4-9H2,1-3H3. The molecule has 1 aliphatic rings. The van der Waals surface area contributed by atoms with Crippen molar-refractivity contribution in [1.29, 1.82) is 0 Å². The van der Waals surface area contributed by atoms with E-state index in [9.17, 15) is 9.59 Å². The molecule has 0 aromatic rings. The summed E-state index contributed by atoms with van der Waals surface area (Å²) in [4.78, 5) is 25.2. The average molecular weight is 241 g/mol. The van der Waals surface area contributed by atoms with E-state index < -0.39 is 0 Å². The normalized spacial score (nSPS) is 23.8. The summed E-state index contributed by atoms with van der Waals surface area (Å²) in [7, 11) is 1.40. The molecule has 0 bridgehead atoms. The molecular weight excluding hydrogens is 218 g/mol. The monoisotopic (exact) mass is 241 g/mol. The summed E-state index contributed by atoms with van der Waals surface area (Å²) in [5.74, 6) is 0.0470. The van der Waals surface area contributed by atoms with Crippen LogP contribution in [0.15, 0.2) is 0 Å². The lowest BCUT2D eigenvalue weighted by atomic mass is 9.99. The second kappa shape index (κ2) is 6.62. The first-order chi connectivity index (χ1) is 8.10. The topological polar surface area (TPSA) is 46.6 Å². The Labute approximate surface area is 103 Å². The van der Waals surface area contributed by atoms with Gasteiger partial charge < -0.3 is 9.64 Å². The third-order valence-corrected chi connectivity index (χ3v) is 3.46. The Morgan fingerprint density at radius 3 is 2.59 bits per heavy atom. The van der Waals surface area contributed by atoms with Gasteiger partial charge in [0.1, 0.15) is 0 Å². The van der Waals surface area contributed by atoms with Gasteiger partial charge in [0.15, 0.2) is 0 Å². The quantitative estimate of drug-likeness (QED) is 0.545. The van der Waals surface area contributed by atoms with Gasteiger partial charge in [0.05, 0.1) is 13.0 Å². The zero-order chi connectivity index (χ0) is 12.8. The Hall–Kier alpha value is -1.06. The van der Waals surface area contributed by atoms with Gasteiger partial charge in [0, 0.05) is 19.5 Å². The molecule has 17 heavy (non-hydrogen) atoms. The van der Waals surface area contributed by atoms with Gasteiger partial charge in [-0.1, -0.05) is 26.7 Å². The molecule has 4 heteroatoms. The second-order valence-electron chi connectivity index (χ2n) is 4.86. The van der Waals surface area contributed by atoms with E-state index in [0.29, 0.717) is 19.5 Å². The molecule has 0 aromatic heterocycles. The highest BCUT2D eigenvalue weighted by Gasteiger charge is 2.37. The number of nitrogens with zero attached hydrogens (tertiary/aromatic N) is 1. The van der Waals surface area contributed by atoms with Gasteiger partial charge in [-0.3, -0.25) is 9.59 Å². The molecule has 0 aromatic carbocycles. The molecule has 0 saturated carbocycles. The summed E-state index contributed by atoms with van der Waals surface area (Å²) in [5, 5.41) is 0. The largest absolute Gasteiger partial charge is 0.469 e. The van der Waals surface area contributed by atoms with Crippen molar-refractivity contribution in [3.63, 3.8) is 0 Å². The SMILES string of the molecule is CCCCCC(=O)N1CC(C)C(C(=O)OC)C1. The first-order valence-corrected chi connectivity index (χ1v) is 6.45. The van der Waals surface area contributed by atoms with Gasteiger partial charge in [-0.25, -0.2) is 0 Å². The minimum atomic E-state index is -0.193. The number of carbonyl (C=O) groups is 2. The van der Waals surface area contributed by atoms with Crippen LogP contribution in [0.4, 0.5) is 0 Å². The van der Waals surface area contributed by atoms with Crippen molar-refractivity contribution < 1.29 is 14.3 Å². The molecule has 1 rings (SSSR count). The predicted octanol–water partition coefficient (Wildman–Crippen LogP) is 1.83. The maximum absolute atomic E-state index is 11.9. The van der Waals surface area contributed by atoms with Crippen molar-refractivity contribution in [2.75, 3.05) is 20.2 Å². The molecule has 1 fully saturated rings. The highest BCUT2D eigenvalue weighted by atomic mass is 16.5. The Morgan fingerprint density at radius 1 is 1.29 bits per heavy atom. The number of amides is 1. The van der Waals surface area contributed by atoms with Crippen LogP contribution in [0.25, 0.3) is 0 Å². The van der Waals surface area contributed by atoms with Crippen LogP contribution < -0.4 is 0 Å². The van der Waals surface area contributed by atoms with Crippen LogP contribution >= 0.6 is 0 Å². The number of rotatable bonds is 5.